The van der Waals surface area contributed by atoms with Crippen molar-refractivity contribution in [3.63, 3.8) is 0 Å². The lowest BCUT2D eigenvalue weighted by Crippen LogP contribution is -2.43. The number of aromatic hydroxyl groups is 1. The van der Waals surface area contributed by atoms with E-state index in [1.165, 1.54) is 7.11 Å². The number of carbonyl (C=O) groups excluding carboxylic acids is 1. The minimum Gasteiger partial charge on any atom is -0.504 e. The number of halogens is 1. The maximum atomic E-state index is 12.1. The van der Waals surface area contributed by atoms with Crippen molar-refractivity contribution < 1.29 is 14.6 Å². The monoisotopic (exact) mass is 271 g/mol. The zero-order chi connectivity index (χ0) is 13.8. The third-order valence-electron chi connectivity index (χ3n) is 2.63. The first-order valence-electron chi connectivity index (χ1n) is 5.65. The van der Waals surface area contributed by atoms with Crippen LogP contribution in [0.4, 0.5) is 0 Å². The summed E-state index contributed by atoms with van der Waals surface area (Å²) >= 11 is 5.67. The molecule has 4 nitrogen and oxygen atoms in total. The maximum Gasteiger partial charge on any atom is 0.255 e. The summed E-state index contributed by atoms with van der Waals surface area (Å²) in [6.07, 6.45) is 0.644. The first-order chi connectivity index (χ1) is 8.41. The summed E-state index contributed by atoms with van der Waals surface area (Å²) in [6, 6.07) is 4.79. The molecular formula is C13H18ClNO3. The van der Waals surface area contributed by atoms with Crippen molar-refractivity contribution in [1.29, 1.82) is 0 Å². The van der Waals surface area contributed by atoms with Crippen LogP contribution in [0.2, 0.25) is 0 Å². The van der Waals surface area contributed by atoms with Gasteiger partial charge in [0.25, 0.3) is 5.91 Å². The fourth-order valence-electron chi connectivity index (χ4n) is 1.54. The van der Waals surface area contributed by atoms with Crippen LogP contribution in [0.15, 0.2) is 18.2 Å². The van der Waals surface area contributed by atoms with Crippen molar-refractivity contribution in [1.82, 2.24) is 5.32 Å². The summed E-state index contributed by atoms with van der Waals surface area (Å²) in [7, 11) is 1.44. The smallest absolute Gasteiger partial charge is 0.255 e. The average Bonchev–Trinajstić information content (AvgIpc) is 2.28. The molecule has 0 spiro atoms. The van der Waals surface area contributed by atoms with Gasteiger partial charge in [0.15, 0.2) is 11.5 Å². The molecule has 0 aliphatic rings. The number of para-hydroxylation sites is 1. The minimum atomic E-state index is -0.422. The fourth-order valence-corrected chi connectivity index (χ4v) is 2.02. The zero-order valence-corrected chi connectivity index (χ0v) is 11.5. The summed E-state index contributed by atoms with van der Waals surface area (Å²) < 4.78 is 4.96. The Morgan fingerprint density at radius 2 is 2.17 bits per heavy atom. The van der Waals surface area contributed by atoms with Crippen LogP contribution in [0.25, 0.3) is 0 Å². The van der Waals surface area contributed by atoms with Gasteiger partial charge in [-0.15, -0.1) is 11.6 Å². The summed E-state index contributed by atoms with van der Waals surface area (Å²) in [6.45, 7) is 3.76. The number of benzene rings is 1. The van der Waals surface area contributed by atoms with Gasteiger partial charge in [-0.2, -0.15) is 0 Å². The van der Waals surface area contributed by atoms with Crippen molar-refractivity contribution >= 4 is 17.5 Å². The van der Waals surface area contributed by atoms with E-state index in [1.54, 1.807) is 18.2 Å². The number of rotatable bonds is 5. The van der Waals surface area contributed by atoms with Crippen LogP contribution in [0, 0.1) is 0 Å². The van der Waals surface area contributed by atoms with Crippen LogP contribution in [0.5, 0.6) is 11.5 Å². The highest BCUT2D eigenvalue weighted by atomic mass is 35.5. The van der Waals surface area contributed by atoms with Gasteiger partial charge < -0.3 is 15.2 Å². The van der Waals surface area contributed by atoms with Crippen molar-refractivity contribution in [3.8, 4) is 11.5 Å². The molecule has 0 aliphatic heterocycles. The second kappa shape index (κ2) is 5.96. The number of hydrogen-bond donors (Lipinski definition) is 2. The van der Waals surface area contributed by atoms with Crippen LogP contribution >= 0.6 is 11.6 Å². The Kier molecular flexibility index (Phi) is 4.84. The predicted molar refractivity (Wildman–Crippen MR) is 71.5 cm³/mol. The van der Waals surface area contributed by atoms with Gasteiger partial charge in [0, 0.05) is 11.4 Å². The molecule has 0 radical (unpaired) electrons. The van der Waals surface area contributed by atoms with Crippen LogP contribution in [-0.2, 0) is 0 Å². The van der Waals surface area contributed by atoms with Crippen molar-refractivity contribution in [2.45, 2.75) is 25.8 Å². The van der Waals surface area contributed by atoms with E-state index in [4.69, 9.17) is 16.3 Å². The van der Waals surface area contributed by atoms with Crippen LogP contribution in [0.3, 0.4) is 0 Å². The second-order valence-electron chi connectivity index (χ2n) is 4.63. The average molecular weight is 272 g/mol. The molecule has 0 fully saturated rings. The standard InChI is InChI=1S/C13H18ClNO3/c1-13(2,7-8-14)15-12(17)9-5-4-6-10(18-3)11(9)16/h4-6,16H,7-8H2,1-3H3,(H,15,17). The predicted octanol–water partition coefficient (Wildman–Crippen LogP) is 2.54. The molecule has 0 heterocycles. The number of amides is 1. The SMILES string of the molecule is COc1cccc(C(=O)NC(C)(C)CCCl)c1O. The molecule has 1 amide bonds. The summed E-state index contributed by atoms with van der Waals surface area (Å²) in [5.41, 5.74) is -0.231. The summed E-state index contributed by atoms with van der Waals surface area (Å²) in [4.78, 5) is 12.1. The van der Waals surface area contributed by atoms with Crippen molar-refractivity contribution in [3.05, 3.63) is 23.8 Å². The Balaban J connectivity index is 2.91. The van der Waals surface area contributed by atoms with E-state index in [9.17, 15) is 9.90 Å². The van der Waals surface area contributed by atoms with E-state index in [0.29, 0.717) is 12.3 Å². The largest absolute Gasteiger partial charge is 0.504 e. The first-order valence-corrected chi connectivity index (χ1v) is 6.19. The highest BCUT2D eigenvalue weighted by Crippen LogP contribution is 2.29. The number of nitrogens with one attached hydrogen (secondary N) is 1. The third kappa shape index (κ3) is 3.53. The molecule has 0 saturated carbocycles. The van der Waals surface area contributed by atoms with Gasteiger partial charge >= 0.3 is 0 Å². The molecule has 1 aromatic carbocycles. The molecule has 0 bridgehead atoms. The van der Waals surface area contributed by atoms with Gasteiger partial charge in [-0.1, -0.05) is 6.07 Å². The molecule has 5 heteroatoms. The molecular weight excluding hydrogens is 254 g/mol. The number of phenolic OH excluding ortho intramolecular Hbond substituents is 1. The fraction of sp³-hybridized carbons (Fsp3) is 0.462. The number of carbonyl (C=O) groups is 1. The second-order valence-corrected chi connectivity index (χ2v) is 5.01. The molecule has 1 aromatic rings. The van der Waals surface area contributed by atoms with E-state index < -0.39 is 5.54 Å². The van der Waals surface area contributed by atoms with Gasteiger partial charge in [0.05, 0.1) is 12.7 Å². The van der Waals surface area contributed by atoms with Gasteiger partial charge in [-0.3, -0.25) is 4.79 Å². The maximum absolute atomic E-state index is 12.1. The molecule has 1 rings (SSSR count). The Morgan fingerprint density at radius 3 is 2.72 bits per heavy atom. The molecule has 0 unspecified atom stereocenters. The van der Waals surface area contributed by atoms with Gasteiger partial charge in [-0.05, 0) is 32.4 Å². The van der Waals surface area contributed by atoms with E-state index in [-0.39, 0.29) is 23.0 Å². The Hall–Kier alpha value is -1.42. The van der Waals surface area contributed by atoms with E-state index in [0.717, 1.165) is 0 Å². The highest BCUT2D eigenvalue weighted by molar-refractivity contribution is 6.17. The summed E-state index contributed by atoms with van der Waals surface area (Å²) in [5, 5.41) is 12.7. The number of phenols is 1. The molecule has 0 atom stereocenters. The topological polar surface area (TPSA) is 58.6 Å². The summed E-state index contributed by atoms with van der Waals surface area (Å²) in [5.74, 6) is 0.232. The van der Waals surface area contributed by atoms with Crippen molar-refractivity contribution in [2.75, 3.05) is 13.0 Å². The zero-order valence-electron chi connectivity index (χ0n) is 10.8. The Labute approximate surface area is 112 Å². The number of alkyl halides is 1. The molecule has 0 aliphatic carbocycles. The van der Waals surface area contributed by atoms with E-state index in [1.807, 2.05) is 13.8 Å². The Bertz CT molecular complexity index is 432. The molecule has 2 N–H and O–H groups in total. The lowest BCUT2D eigenvalue weighted by atomic mass is 10.0. The van der Waals surface area contributed by atoms with Gasteiger partial charge in [0.1, 0.15) is 0 Å². The van der Waals surface area contributed by atoms with Gasteiger partial charge in [0.2, 0.25) is 0 Å². The quantitative estimate of drug-likeness (QED) is 0.809. The van der Waals surface area contributed by atoms with E-state index >= 15 is 0 Å². The van der Waals surface area contributed by atoms with E-state index in [2.05, 4.69) is 5.32 Å². The normalized spacial score (nSPS) is 11.1. The lowest BCUT2D eigenvalue weighted by Gasteiger charge is -2.25. The van der Waals surface area contributed by atoms with Gasteiger partial charge in [-0.25, -0.2) is 0 Å². The minimum absolute atomic E-state index is 0.154. The highest BCUT2D eigenvalue weighted by Gasteiger charge is 2.23. The van der Waals surface area contributed by atoms with Crippen LogP contribution in [0.1, 0.15) is 30.6 Å². The molecule has 18 heavy (non-hydrogen) atoms. The Morgan fingerprint density at radius 1 is 1.50 bits per heavy atom. The van der Waals surface area contributed by atoms with Crippen LogP contribution < -0.4 is 10.1 Å². The lowest BCUT2D eigenvalue weighted by molar-refractivity contribution is 0.0908. The van der Waals surface area contributed by atoms with Crippen LogP contribution in [-0.4, -0.2) is 29.5 Å². The number of hydrogen-bond acceptors (Lipinski definition) is 3. The number of methoxy groups -OCH3 is 1. The van der Waals surface area contributed by atoms with Crippen molar-refractivity contribution in [2.24, 2.45) is 0 Å². The third-order valence-corrected chi connectivity index (χ3v) is 2.82. The molecule has 0 aromatic heterocycles. The number of ether oxygens (including phenoxy) is 1. The first kappa shape index (κ1) is 14.6. The molecule has 0 saturated heterocycles. The molecule has 100 valence electrons.